The van der Waals surface area contributed by atoms with Crippen LogP contribution in [-0.2, 0) is 4.74 Å². The number of carbonyl (C=O) groups excluding carboxylic acids is 1. The smallest absolute Gasteiger partial charge is 0.253 e. The lowest BCUT2D eigenvalue weighted by Crippen LogP contribution is -2.55. The summed E-state index contributed by atoms with van der Waals surface area (Å²) in [6.45, 7) is 3.36. The van der Waals surface area contributed by atoms with Crippen molar-refractivity contribution < 1.29 is 9.53 Å². The van der Waals surface area contributed by atoms with E-state index in [4.69, 9.17) is 9.72 Å². The Kier molecular flexibility index (Phi) is 4.86. The molecule has 0 atom stereocenters. The number of benzene rings is 1. The molecule has 3 aromatic rings. The highest BCUT2D eigenvalue weighted by molar-refractivity contribution is 6.04. The van der Waals surface area contributed by atoms with E-state index in [1.165, 1.54) is 37.8 Å². The molecule has 7 nitrogen and oxygen atoms in total. The van der Waals surface area contributed by atoms with Gasteiger partial charge in [0.1, 0.15) is 11.3 Å². The molecule has 3 heterocycles. The number of morpholine rings is 1. The van der Waals surface area contributed by atoms with Crippen molar-refractivity contribution >= 4 is 22.8 Å². The van der Waals surface area contributed by atoms with Gasteiger partial charge in [-0.05, 0) is 86.1 Å². The summed E-state index contributed by atoms with van der Waals surface area (Å²) in [7, 11) is 0. The first-order valence-corrected chi connectivity index (χ1v) is 12.8. The van der Waals surface area contributed by atoms with Crippen LogP contribution in [0.2, 0.25) is 0 Å². The summed E-state index contributed by atoms with van der Waals surface area (Å²) < 4.78 is 5.46. The van der Waals surface area contributed by atoms with Crippen molar-refractivity contribution in [2.45, 2.75) is 38.1 Å². The van der Waals surface area contributed by atoms with Crippen LogP contribution in [0.3, 0.4) is 0 Å². The van der Waals surface area contributed by atoms with Gasteiger partial charge in [-0.25, -0.2) is 9.97 Å². The number of fused-ring (bicyclic) bond motifs is 1. The monoisotopic (exact) mass is 457 g/mol. The van der Waals surface area contributed by atoms with Crippen LogP contribution in [0.25, 0.3) is 22.6 Å². The van der Waals surface area contributed by atoms with Crippen LogP contribution in [-0.4, -0.2) is 53.2 Å². The number of ether oxygens (including phenoxy) is 1. The Morgan fingerprint density at radius 2 is 1.68 bits per heavy atom. The minimum absolute atomic E-state index is 0.00871. The summed E-state index contributed by atoms with van der Waals surface area (Å²) in [4.78, 5) is 28.3. The SMILES string of the molecule is O=C(NC1C2CC3CC(C2)CC1C3)c1ccnc2[nH]c(-c3ccc(N4CCOCC4)cc3)nc12. The minimum Gasteiger partial charge on any atom is -0.378 e. The van der Waals surface area contributed by atoms with E-state index in [-0.39, 0.29) is 5.91 Å². The minimum atomic E-state index is -0.00871. The molecular formula is C27H31N5O2. The lowest BCUT2D eigenvalue weighted by molar-refractivity contribution is -0.0119. The number of imidazole rings is 1. The zero-order valence-electron chi connectivity index (χ0n) is 19.4. The summed E-state index contributed by atoms with van der Waals surface area (Å²) >= 11 is 0. The molecule has 4 saturated carbocycles. The molecule has 0 unspecified atom stereocenters. The van der Waals surface area contributed by atoms with Crippen LogP contribution < -0.4 is 10.2 Å². The predicted octanol–water partition coefficient (Wildman–Crippen LogP) is 4.02. The molecule has 2 N–H and O–H groups in total. The molecule has 4 bridgehead atoms. The predicted molar refractivity (Wildman–Crippen MR) is 131 cm³/mol. The first-order valence-electron chi connectivity index (χ1n) is 12.8. The highest BCUT2D eigenvalue weighted by Crippen LogP contribution is 2.53. The summed E-state index contributed by atoms with van der Waals surface area (Å²) in [5, 5.41) is 3.43. The largest absolute Gasteiger partial charge is 0.378 e. The van der Waals surface area contributed by atoms with Crippen LogP contribution in [0.4, 0.5) is 5.69 Å². The van der Waals surface area contributed by atoms with E-state index in [0.717, 1.165) is 49.5 Å². The van der Waals surface area contributed by atoms with E-state index < -0.39 is 0 Å². The van der Waals surface area contributed by atoms with Gasteiger partial charge in [-0.3, -0.25) is 4.79 Å². The first-order chi connectivity index (χ1) is 16.7. The van der Waals surface area contributed by atoms with Crippen molar-refractivity contribution in [2.75, 3.05) is 31.2 Å². The lowest BCUT2D eigenvalue weighted by atomic mass is 9.54. The number of anilines is 1. The maximum Gasteiger partial charge on any atom is 0.253 e. The summed E-state index contributed by atoms with van der Waals surface area (Å²) in [5.41, 5.74) is 4.10. The number of pyridine rings is 1. The first kappa shape index (κ1) is 20.4. The van der Waals surface area contributed by atoms with Crippen molar-refractivity contribution in [2.24, 2.45) is 23.7 Å². The van der Waals surface area contributed by atoms with Gasteiger partial charge >= 0.3 is 0 Å². The van der Waals surface area contributed by atoms with Crippen LogP contribution in [0, 0.1) is 23.7 Å². The maximum atomic E-state index is 13.4. The van der Waals surface area contributed by atoms with Crippen molar-refractivity contribution in [1.29, 1.82) is 0 Å². The van der Waals surface area contributed by atoms with E-state index in [1.54, 1.807) is 12.3 Å². The van der Waals surface area contributed by atoms with Crippen LogP contribution in [0.5, 0.6) is 0 Å². The number of aromatic nitrogens is 3. The number of hydrogen-bond donors (Lipinski definition) is 2. The highest BCUT2D eigenvalue weighted by Gasteiger charge is 2.48. The number of nitrogens with one attached hydrogen (secondary N) is 2. The van der Waals surface area contributed by atoms with Crippen molar-refractivity contribution in [1.82, 2.24) is 20.3 Å². The van der Waals surface area contributed by atoms with E-state index in [0.29, 0.717) is 34.6 Å². The molecule has 1 amide bonds. The molecule has 1 saturated heterocycles. The number of nitrogens with zero attached hydrogens (tertiary/aromatic N) is 3. The second-order valence-electron chi connectivity index (χ2n) is 10.7. The van der Waals surface area contributed by atoms with Gasteiger partial charge in [0.25, 0.3) is 5.91 Å². The second kappa shape index (κ2) is 8.08. The third-order valence-electron chi connectivity index (χ3n) is 8.67. The highest BCUT2D eigenvalue weighted by atomic mass is 16.5. The van der Waals surface area contributed by atoms with Gasteiger partial charge in [0.05, 0.1) is 18.8 Å². The third-order valence-corrected chi connectivity index (χ3v) is 8.67. The number of H-pyrrole nitrogens is 1. The molecule has 176 valence electrons. The van der Waals surface area contributed by atoms with Gasteiger partial charge in [0.15, 0.2) is 5.65 Å². The van der Waals surface area contributed by atoms with E-state index in [1.807, 2.05) is 0 Å². The van der Waals surface area contributed by atoms with Crippen LogP contribution in [0.15, 0.2) is 36.5 Å². The summed E-state index contributed by atoms with van der Waals surface area (Å²) in [5.74, 6) is 3.82. The molecule has 7 heteroatoms. The number of hydrogen-bond acceptors (Lipinski definition) is 5. The number of amides is 1. The zero-order valence-corrected chi connectivity index (χ0v) is 19.4. The van der Waals surface area contributed by atoms with Gasteiger partial charge in [-0.1, -0.05) is 0 Å². The van der Waals surface area contributed by atoms with Crippen molar-refractivity contribution in [3.63, 3.8) is 0 Å². The van der Waals surface area contributed by atoms with E-state index in [2.05, 4.69) is 44.5 Å². The molecule has 5 aliphatic rings. The fourth-order valence-electron chi connectivity index (χ4n) is 7.27. The molecule has 0 radical (unpaired) electrons. The molecule has 8 rings (SSSR count). The second-order valence-corrected chi connectivity index (χ2v) is 10.7. The Morgan fingerprint density at radius 1 is 0.971 bits per heavy atom. The average Bonchev–Trinajstić information content (AvgIpc) is 3.31. The molecule has 2 aromatic heterocycles. The number of aromatic amines is 1. The maximum absolute atomic E-state index is 13.4. The molecule has 4 aliphatic carbocycles. The van der Waals surface area contributed by atoms with Gasteiger partial charge in [0, 0.05) is 36.6 Å². The molecule has 1 aliphatic heterocycles. The average molecular weight is 458 g/mol. The third kappa shape index (κ3) is 3.49. The van der Waals surface area contributed by atoms with Crippen LogP contribution in [0.1, 0.15) is 42.5 Å². The molecule has 5 fully saturated rings. The standard InChI is InChI=1S/C27H31N5O2/c33-27(30-23-19-12-16-11-17(14-19)15-20(23)13-16)22-5-6-28-26-24(22)29-25(31-26)18-1-3-21(4-2-18)32-7-9-34-10-8-32/h1-6,16-17,19-20,23H,7-15H2,(H,30,33)(H,28,29,31). The van der Waals surface area contributed by atoms with E-state index >= 15 is 0 Å². The Bertz CT molecular complexity index is 1190. The molecule has 0 spiro atoms. The Morgan fingerprint density at radius 3 is 2.38 bits per heavy atom. The van der Waals surface area contributed by atoms with Gasteiger partial charge in [0.2, 0.25) is 0 Å². The Labute approximate surface area is 199 Å². The zero-order chi connectivity index (χ0) is 22.6. The normalized spacial score (nSPS) is 30.1. The number of carbonyl (C=O) groups is 1. The molecule has 1 aromatic carbocycles. The van der Waals surface area contributed by atoms with Gasteiger partial charge < -0.3 is 19.9 Å². The fourth-order valence-corrected chi connectivity index (χ4v) is 7.27. The quantitative estimate of drug-likeness (QED) is 0.618. The van der Waals surface area contributed by atoms with Crippen LogP contribution >= 0.6 is 0 Å². The van der Waals surface area contributed by atoms with Gasteiger partial charge in [-0.15, -0.1) is 0 Å². The fraction of sp³-hybridized carbons (Fsp3) is 0.519. The Hall–Kier alpha value is -2.93. The lowest BCUT2D eigenvalue weighted by Gasteiger charge is -2.54. The molecular weight excluding hydrogens is 426 g/mol. The van der Waals surface area contributed by atoms with Crippen molar-refractivity contribution in [3.8, 4) is 11.4 Å². The van der Waals surface area contributed by atoms with E-state index in [9.17, 15) is 4.79 Å². The van der Waals surface area contributed by atoms with Gasteiger partial charge in [-0.2, -0.15) is 0 Å². The Balaban J connectivity index is 1.13. The topological polar surface area (TPSA) is 83.1 Å². The summed E-state index contributed by atoms with van der Waals surface area (Å²) in [6, 6.07) is 10.5. The molecule has 34 heavy (non-hydrogen) atoms. The number of rotatable bonds is 4. The van der Waals surface area contributed by atoms with Crippen molar-refractivity contribution in [3.05, 3.63) is 42.1 Å². The summed E-state index contributed by atoms with van der Waals surface area (Å²) in [6.07, 6.45) is 8.28.